The van der Waals surface area contributed by atoms with Gasteiger partial charge in [0.15, 0.2) is 5.65 Å². The van der Waals surface area contributed by atoms with Crippen LogP contribution in [0.25, 0.3) is 16.7 Å². The Morgan fingerprint density at radius 3 is 2.86 bits per heavy atom. The zero-order valence-corrected chi connectivity index (χ0v) is 16.5. The highest BCUT2D eigenvalue weighted by molar-refractivity contribution is 9.10. The summed E-state index contributed by atoms with van der Waals surface area (Å²) in [4.78, 5) is 29.3. The molecule has 0 bridgehead atoms. The number of amides is 1. The van der Waals surface area contributed by atoms with E-state index in [-0.39, 0.29) is 18.0 Å². The molecule has 4 rings (SSSR count). The van der Waals surface area contributed by atoms with Crippen LogP contribution in [-0.2, 0) is 18.4 Å². The average Bonchev–Trinajstić information content (AvgIpc) is 3.28. The van der Waals surface area contributed by atoms with Gasteiger partial charge in [0.05, 0.1) is 5.69 Å². The summed E-state index contributed by atoms with van der Waals surface area (Å²) < 4.78 is 4.63. The minimum absolute atomic E-state index is 0.183. The molecule has 3 aromatic heterocycles. The van der Waals surface area contributed by atoms with Gasteiger partial charge in [-0.15, -0.1) is 5.10 Å². The predicted octanol–water partition coefficient (Wildman–Crippen LogP) is 0.815. The Labute approximate surface area is 166 Å². The fourth-order valence-corrected chi connectivity index (χ4v) is 3.39. The molecule has 4 aromatic rings. The molecule has 0 fully saturated rings. The van der Waals surface area contributed by atoms with Crippen LogP contribution in [0.5, 0.6) is 0 Å². The van der Waals surface area contributed by atoms with E-state index in [0.717, 1.165) is 11.3 Å². The summed E-state index contributed by atoms with van der Waals surface area (Å²) >= 11 is 3.25. The van der Waals surface area contributed by atoms with Gasteiger partial charge < -0.3 is 5.32 Å². The van der Waals surface area contributed by atoms with Gasteiger partial charge in [0.1, 0.15) is 29.2 Å². The number of halogens is 1. The smallest absolute Gasteiger partial charge is 0.266 e. The number of anilines is 1. The van der Waals surface area contributed by atoms with Crippen molar-refractivity contribution in [3.8, 4) is 5.69 Å². The Morgan fingerprint density at radius 1 is 1.29 bits per heavy atom. The van der Waals surface area contributed by atoms with Crippen molar-refractivity contribution in [1.29, 1.82) is 0 Å². The first-order valence-electron chi connectivity index (χ1n) is 8.15. The van der Waals surface area contributed by atoms with Crippen LogP contribution in [0.3, 0.4) is 0 Å². The number of fused-ring (bicyclic) bond motifs is 1. The van der Waals surface area contributed by atoms with Gasteiger partial charge in [-0.05, 0) is 51.0 Å². The monoisotopic (exact) mass is 443 g/mol. The van der Waals surface area contributed by atoms with Crippen molar-refractivity contribution < 1.29 is 4.79 Å². The number of benzene rings is 1. The molecule has 0 radical (unpaired) electrons. The van der Waals surface area contributed by atoms with E-state index in [4.69, 9.17) is 0 Å². The highest BCUT2D eigenvalue weighted by atomic mass is 79.9. The first-order chi connectivity index (χ1) is 13.4. The molecular formula is C16H14BrN9O2. The minimum Gasteiger partial charge on any atom is -0.324 e. The Balaban J connectivity index is 1.58. The van der Waals surface area contributed by atoms with Crippen molar-refractivity contribution >= 4 is 38.6 Å². The van der Waals surface area contributed by atoms with E-state index < -0.39 is 0 Å². The lowest BCUT2D eigenvalue weighted by Crippen LogP contribution is -2.28. The van der Waals surface area contributed by atoms with Crippen molar-refractivity contribution in [3.63, 3.8) is 0 Å². The fraction of sp³-hybridized carbons (Fsp3) is 0.188. The molecule has 0 unspecified atom stereocenters. The molecule has 1 aromatic carbocycles. The maximum Gasteiger partial charge on any atom is 0.266 e. The van der Waals surface area contributed by atoms with Gasteiger partial charge in [0.25, 0.3) is 5.56 Å². The maximum atomic E-state index is 12.6. The van der Waals surface area contributed by atoms with E-state index in [1.807, 2.05) is 13.0 Å². The van der Waals surface area contributed by atoms with Crippen molar-refractivity contribution in [2.45, 2.75) is 13.5 Å². The number of tetrazole rings is 1. The van der Waals surface area contributed by atoms with Crippen LogP contribution in [0, 0.1) is 6.92 Å². The zero-order chi connectivity index (χ0) is 19.8. The van der Waals surface area contributed by atoms with Gasteiger partial charge in [-0.2, -0.15) is 5.10 Å². The van der Waals surface area contributed by atoms with E-state index in [9.17, 15) is 9.59 Å². The standard InChI is InChI=1S/C16H14BrN9O2/c1-9-3-4-10(5-11(9)26-8-19-22-23-26)20-12(27)6-25-7-18-15-13(16(25)28)14(17)21-24(15)2/h3-5,7-8H,6H2,1-2H3,(H,20,27). The van der Waals surface area contributed by atoms with E-state index in [1.165, 1.54) is 26.6 Å². The third-order valence-corrected chi connectivity index (χ3v) is 4.73. The van der Waals surface area contributed by atoms with Crippen LogP contribution in [0.4, 0.5) is 5.69 Å². The lowest BCUT2D eigenvalue weighted by Gasteiger charge is -2.10. The summed E-state index contributed by atoms with van der Waals surface area (Å²) in [6, 6.07) is 5.37. The number of aryl methyl sites for hydroxylation is 2. The molecule has 0 aliphatic rings. The Hall–Kier alpha value is -3.41. The summed E-state index contributed by atoms with van der Waals surface area (Å²) in [6.45, 7) is 1.73. The Morgan fingerprint density at radius 2 is 2.11 bits per heavy atom. The van der Waals surface area contributed by atoms with Gasteiger partial charge in [0.2, 0.25) is 5.91 Å². The third kappa shape index (κ3) is 3.17. The average molecular weight is 444 g/mol. The number of aromatic nitrogens is 8. The lowest BCUT2D eigenvalue weighted by molar-refractivity contribution is -0.116. The summed E-state index contributed by atoms with van der Waals surface area (Å²) in [5.41, 5.74) is 2.34. The van der Waals surface area contributed by atoms with E-state index in [1.54, 1.807) is 19.2 Å². The molecule has 1 amide bonds. The molecule has 0 saturated carbocycles. The lowest BCUT2D eigenvalue weighted by atomic mass is 10.2. The highest BCUT2D eigenvalue weighted by Crippen LogP contribution is 2.19. The summed E-state index contributed by atoms with van der Waals surface area (Å²) in [7, 11) is 1.69. The molecule has 11 nitrogen and oxygen atoms in total. The number of hydrogen-bond acceptors (Lipinski definition) is 7. The van der Waals surface area contributed by atoms with Crippen LogP contribution in [0.15, 0.2) is 40.3 Å². The van der Waals surface area contributed by atoms with Crippen molar-refractivity contribution in [3.05, 3.63) is 51.4 Å². The molecule has 12 heteroatoms. The second-order valence-electron chi connectivity index (χ2n) is 6.09. The van der Waals surface area contributed by atoms with Crippen molar-refractivity contribution in [2.75, 3.05) is 5.32 Å². The van der Waals surface area contributed by atoms with Crippen LogP contribution < -0.4 is 10.9 Å². The first kappa shape index (κ1) is 18.0. The second kappa shape index (κ2) is 6.96. The van der Waals surface area contributed by atoms with E-state index in [0.29, 0.717) is 21.3 Å². The zero-order valence-electron chi connectivity index (χ0n) is 14.9. The quantitative estimate of drug-likeness (QED) is 0.494. The van der Waals surface area contributed by atoms with Crippen LogP contribution in [0.2, 0.25) is 0 Å². The molecule has 0 atom stereocenters. The molecular weight excluding hydrogens is 430 g/mol. The maximum absolute atomic E-state index is 12.6. The number of carbonyl (C=O) groups excluding carboxylic acids is 1. The molecule has 0 spiro atoms. The molecule has 3 heterocycles. The molecule has 0 saturated heterocycles. The Kier molecular flexibility index (Phi) is 4.47. The third-order valence-electron chi connectivity index (χ3n) is 4.17. The van der Waals surface area contributed by atoms with Gasteiger partial charge in [-0.25, -0.2) is 14.3 Å². The normalized spacial score (nSPS) is 11.1. The van der Waals surface area contributed by atoms with Gasteiger partial charge in [-0.1, -0.05) is 6.07 Å². The van der Waals surface area contributed by atoms with Gasteiger partial charge in [0, 0.05) is 12.7 Å². The second-order valence-corrected chi connectivity index (χ2v) is 6.85. The summed E-state index contributed by atoms with van der Waals surface area (Å²) in [5.74, 6) is -0.366. The van der Waals surface area contributed by atoms with E-state index in [2.05, 4.69) is 46.9 Å². The van der Waals surface area contributed by atoms with E-state index >= 15 is 0 Å². The minimum atomic E-state index is -0.366. The Bertz CT molecular complexity index is 1240. The molecule has 0 aliphatic carbocycles. The topological polar surface area (TPSA) is 125 Å². The SMILES string of the molecule is Cc1ccc(NC(=O)Cn2cnc3c(c(Br)nn3C)c2=O)cc1-n1cnnn1. The first-order valence-corrected chi connectivity index (χ1v) is 8.95. The highest BCUT2D eigenvalue weighted by Gasteiger charge is 2.15. The van der Waals surface area contributed by atoms with Crippen LogP contribution in [-0.4, -0.2) is 45.4 Å². The number of rotatable bonds is 4. The number of carbonyl (C=O) groups is 1. The van der Waals surface area contributed by atoms with Gasteiger partial charge >= 0.3 is 0 Å². The van der Waals surface area contributed by atoms with Crippen molar-refractivity contribution in [1.82, 2.24) is 39.5 Å². The number of hydrogen-bond donors (Lipinski definition) is 1. The summed E-state index contributed by atoms with van der Waals surface area (Å²) in [5, 5.41) is 18.3. The predicted molar refractivity (Wildman–Crippen MR) is 103 cm³/mol. The van der Waals surface area contributed by atoms with Crippen LogP contribution >= 0.6 is 15.9 Å². The molecule has 28 heavy (non-hydrogen) atoms. The van der Waals surface area contributed by atoms with Gasteiger partial charge in [-0.3, -0.25) is 14.2 Å². The van der Waals surface area contributed by atoms with Crippen molar-refractivity contribution in [2.24, 2.45) is 7.05 Å². The molecule has 1 N–H and O–H groups in total. The molecule has 0 aliphatic heterocycles. The summed E-state index contributed by atoms with van der Waals surface area (Å²) in [6.07, 6.45) is 2.81. The molecule has 142 valence electrons. The van der Waals surface area contributed by atoms with Crippen LogP contribution in [0.1, 0.15) is 5.56 Å². The largest absolute Gasteiger partial charge is 0.324 e. The number of nitrogens with zero attached hydrogens (tertiary/aromatic N) is 8. The fourth-order valence-electron chi connectivity index (χ4n) is 2.81. The number of nitrogens with one attached hydrogen (secondary N) is 1.